The van der Waals surface area contributed by atoms with Crippen LogP contribution in [0.3, 0.4) is 0 Å². The minimum Gasteiger partial charge on any atom is -0.355 e. The SMILES string of the molecule is CCCCNC(=O)C(C)NC1CCCCC1CC. The van der Waals surface area contributed by atoms with Crippen molar-refractivity contribution in [3.8, 4) is 0 Å². The first-order valence-electron chi connectivity index (χ1n) is 7.72. The van der Waals surface area contributed by atoms with Gasteiger partial charge in [0.15, 0.2) is 0 Å². The van der Waals surface area contributed by atoms with Crippen LogP contribution in [-0.2, 0) is 4.79 Å². The van der Waals surface area contributed by atoms with Crippen molar-refractivity contribution in [2.75, 3.05) is 6.54 Å². The predicted octanol–water partition coefficient (Wildman–Crippen LogP) is 2.85. The number of hydrogen-bond donors (Lipinski definition) is 2. The number of carbonyl (C=O) groups is 1. The Morgan fingerprint density at radius 1 is 1.28 bits per heavy atom. The van der Waals surface area contributed by atoms with Gasteiger partial charge in [0.25, 0.3) is 0 Å². The molecule has 3 heteroatoms. The van der Waals surface area contributed by atoms with E-state index in [0.717, 1.165) is 25.3 Å². The van der Waals surface area contributed by atoms with Crippen molar-refractivity contribution in [1.82, 2.24) is 10.6 Å². The standard InChI is InChI=1S/C15H30N2O/c1-4-6-11-16-15(18)12(3)17-14-10-8-7-9-13(14)5-2/h12-14,17H,4-11H2,1-3H3,(H,16,18). The molecule has 1 aliphatic carbocycles. The maximum atomic E-state index is 11.9. The molecule has 2 N–H and O–H groups in total. The number of rotatable bonds is 7. The third kappa shape index (κ3) is 4.97. The Morgan fingerprint density at radius 2 is 2.00 bits per heavy atom. The van der Waals surface area contributed by atoms with Crippen LogP contribution in [-0.4, -0.2) is 24.5 Å². The minimum absolute atomic E-state index is 0.0565. The Kier molecular flexibility index (Phi) is 7.33. The molecule has 0 aromatic rings. The molecule has 0 aromatic carbocycles. The smallest absolute Gasteiger partial charge is 0.236 e. The summed E-state index contributed by atoms with van der Waals surface area (Å²) in [5.41, 5.74) is 0. The zero-order valence-corrected chi connectivity index (χ0v) is 12.3. The van der Waals surface area contributed by atoms with Crippen molar-refractivity contribution in [3.63, 3.8) is 0 Å². The molecule has 0 heterocycles. The van der Waals surface area contributed by atoms with E-state index in [1.165, 1.54) is 32.1 Å². The predicted molar refractivity (Wildman–Crippen MR) is 76.6 cm³/mol. The molecular formula is C15H30N2O. The van der Waals surface area contributed by atoms with E-state index in [4.69, 9.17) is 0 Å². The summed E-state index contributed by atoms with van der Waals surface area (Å²) in [5.74, 6) is 0.911. The maximum absolute atomic E-state index is 11.9. The fourth-order valence-electron chi connectivity index (χ4n) is 2.85. The molecule has 3 nitrogen and oxygen atoms in total. The van der Waals surface area contributed by atoms with Crippen molar-refractivity contribution in [3.05, 3.63) is 0 Å². The summed E-state index contributed by atoms with van der Waals surface area (Å²) < 4.78 is 0. The number of carbonyl (C=O) groups excluding carboxylic acids is 1. The molecular weight excluding hydrogens is 224 g/mol. The van der Waals surface area contributed by atoms with Gasteiger partial charge < -0.3 is 10.6 Å². The third-order valence-corrected chi connectivity index (χ3v) is 4.12. The van der Waals surface area contributed by atoms with Gasteiger partial charge in [-0.2, -0.15) is 0 Å². The second-order valence-electron chi connectivity index (χ2n) is 5.59. The van der Waals surface area contributed by atoms with Gasteiger partial charge in [-0.1, -0.05) is 39.5 Å². The molecule has 1 aliphatic rings. The first kappa shape index (κ1) is 15.5. The Labute approximate surface area is 112 Å². The van der Waals surface area contributed by atoms with Gasteiger partial charge >= 0.3 is 0 Å². The lowest BCUT2D eigenvalue weighted by molar-refractivity contribution is -0.123. The van der Waals surface area contributed by atoms with Crippen LogP contribution in [0.4, 0.5) is 0 Å². The number of nitrogens with one attached hydrogen (secondary N) is 2. The maximum Gasteiger partial charge on any atom is 0.236 e. The summed E-state index contributed by atoms with van der Waals surface area (Å²) in [6, 6.07) is 0.481. The summed E-state index contributed by atoms with van der Waals surface area (Å²) in [6.45, 7) is 7.20. The minimum atomic E-state index is -0.0565. The highest BCUT2D eigenvalue weighted by atomic mass is 16.2. The molecule has 0 bridgehead atoms. The van der Waals surface area contributed by atoms with Crippen molar-refractivity contribution in [2.24, 2.45) is 5.92 Å². The van der Waals surface area contributed by atoms with Gasteiger partial charge in [0.2, 0.25) is 5.91 Å². The molecule has 0 aliphatic heterocycles. The molecule has 18 heavy (non-hydrogen) atoms. The molecule has 1 fully saturated rings. The van der Waals surface area contributed by atoms with E-state index in [-0.39, 0.29) is 11.9 Å². The molecule has 1 rings (SSSR count). The second-order valence-corrected chi connectivity index (χ2v) is 5.59. The molecule has 0 aromatic heterocycles. The van der Waals surface area contributed by atoms with Crippen LogP contribution in [0.1, 0.15) is 65.7 Å². The van der Waals surface area contributed by atoms with Gasteiger partial charge in [-0.3, -0.25) is 4.79 Å². The Balaban J connectivity index is 2.32. The van der Waals surface area contributed by atoms with Crippen LogP contribution in [0.25, 0.3) is 0 Å². The second kappa shape index (κ2) is 8.52. The first-order valence-corrected chi connectivity index (χ1v) is 7.72. The zero-order valence-electron chi connectivity index (χ0n) is 12.3. The van der Waals surface area contributed by atoms with Crippen LogP contribution in [0.5, 0.6) is 0 Å². The van der Waals surface area contributed by atoms with Crippen LogP contribution >= 0.6 is 0 Å². The van der Waals surface area contributed by atoms with Crippen LogP contribution < -0.4 is 10.6 Å². The summed E-state index contributed by atoms with van der Waals surface area (Å²) in [4.78, 5) is 11.9. The van der Waals surface area contributed by atoms with E-state index in [9.17, 15) is 4.79 Å². The monoisotopic (exact) mass is 254 g/mol. The Bertz CT molecular complexity index is 243. The largest absolute Gasteiger partial charge is 0.355 e. The lowest BCUT2D eigenvalue weighted by atomic mass is 9.82. The normalized spacial score (nSPS) is 25.7. The summed E-state index contributed by atoms with van der Waals surface area (Å²) in [5, 5.41) is 6.54. The highest BCUT2D eigenvalue weighted by molar-refractivity contribution is 5.81. The lowest BCUT2D eigenvalue weighted by Crippen LogP contribution is -2.50. The first-order chi connectivity index (χ1) is 8.69. The topological polar surface area (TPSA) is 41.1 Å². The molecule has 0 saturated heterocycles. The van der Waals surface area contributed by atoms with Gasteiger partial charge in [-0.15, -0.1) is 0 Å². The Morgan fingerprint density at radius 3 is 2.67 bits per heavy atom. The van der Waals surface area contributed by atoms with Gasteiger partial charge in [0, 0.05) is 12.6 Å². The molecule has 3 unspecified atom stereocenters. The molecule has 1 saturated carbocycles. The number of unbranched alkanes of at least 4 members (excludes halogenated alkanes) is 1. The number of amides is 1. The average Bonchev–Trinajstić information content (AvgIpc) is 2.39. The van der Waals surface area contributed by atoms with E-state index < -0.39 is 0 Å². The van der Waals surface area contributed by atoms with Gasteiger partial charge in [0.05, 0.1) is 6.04 Å². The quantitative estimate of drug-likeness (QED) is 0.686. The van der Waals surface area contributed by atoms with E-state index in [1.807, 2.05) is 6.92 Å². The fraction of sp³-hybridized carbons (Fsp3) is 0.933. The lowest BCUT2D eigenvalue weighted by Gasteiger charge is -2.33. The van der Waals surface area contributed by atoms with Crippen molar-refractivity contribution >= 4 is 5.91 Å². The fourth-order valence-corrected chi connectivity index (χ4v) is 2.85. The molecule has 0 spiro atoms. The van der Waals surface area contributed by atoms with Crippen LogP contribution in [0.2, 0.25) is 0 Å². The van der Waals surface area contributed by atoms with Gasteiger partial charge in [-0.25, -0.2) is 0 Å². The number of hydrogen-bond acceptors (Lipinski definition) is 2. The third-order valence-electron chi connectivity index (χ3n) is 4.12. The van der Waals surface area contributed by atoms with Crippen LogP contribution in [0, 0.1) is 5.92 Å². The van der Waals surface area contributed by atoms with E-state index in [1.54, 1.807) is 0 Å². The summed E-state index contributed by atoms with van der Waals surface area (Å²) in [6.07, 6.45) is 8.62. The molecule has 3 atom stereocenters. The van der Waals surface area contributed by atoms with Crippen molar-refractivity contribution in [1.29, 1.82) is 0 Å². The van der Waals surface area contributed by atoms with Gasteiger partial charge in [-0.05, 0) is 32.1 Å². The highest BCUT2D eigenvalue weighted by Crippen LogP contribution is 2.27. The van der Waals surface area contributed by atoms with Crippen molar-refractivity contribution < 1.29 is 4.79 Å². The van der Waals surface area contributed by atoms with Crippen molar-refractivity contribution in [2.45, 2.75) is 77.8 Å². The zero-order chi connectivity index (χ0) is 13.4. The molecule has 106 valence electrons. The van der Waals surface area contributed by atoms with Gasteiger partial charge in [0.1, 0.15) is 0 Å². The summed E-state index contributed by atoms with van der Waals surface area (Å²) in [7, 11) is 0. The van der Waals surface area contributed by atoms with E-state index >= 15 is 0 Å². The van der Waals surface area contributed by atoms with E-state index in [0.29, 0.717) is 6.04 Å². The van der Waals surface area contributed by atoms with E-state index in [2.05, 4.69) is 24.5 Å². The molecule has 1 amide bonds. The van der Waals surface area contributed by atoms with Crippen LogP contribution in [0.15, 0.2) is 0 Å². The Hall–Kier alpha value is -0.570. The summed E-state index contributed by atoms with van der Waals surface area (Å²) >= 11 is 0. The average molecular weight is 254 g/mol. The highest BCUT2D eigenvalue weighted by Gasteiger charge is 2.26. The molecule has 0 radical (unpaired) electrons.